The number of hydrogen-bond donors (Lipinski definition) is 2. The Morgan fingerprint density at radius 3 is 2.90 bits per heavy atom. The van der Waals surface area contributed by atoms with Crippen molar-refractivity contribution in [2.45, 2.75) is 32.5 Å². The SMILES string of the molecule is C.OC1CCCNCC1F. The molecule has 0 amide bonds. The fourth-order valence-corrected chi connectivity index (χ4v) is 0.993. The summed E-state index contributed by atoms with van der Waals surface area (Å²) in [6.07, 6.45) is -0.331. The highest BCUT2D eigenvalue weighted by atomic mass is 19.1. The Hall–Kier alpha value is -0.150. The maximum atomic E-state index is 12.5. The molecule has 0 aromatic rings. The van der Waals surface area contributed by atoms with Crippen LogP contribution < -0.4 is 5.32 Å². The van der Waals surface area contributed by atoms with Gasteiger partial charge in [0.05, 0.1) is 6.10 Å². The first-order valence-corrected chi connectivity index (χ1v) is 3.33. The molecule has 1 rings (SSSR count). The van der Waals surface area contributed by atoms with E-state index in [0.29, 0.717) is 13.0 Å². The number of alkyl halides is 1. The van der Waals surface area contributed by atoms with Gasteiger partial charge in [0, 0.05) is 6.54 Å². The molecule has 2 atom stereocenters. The second-order valence-corrected chi connectivity index (χ2v) is 2.43. The van der Waals surface area contributed by atoms with Crippen LogP contribution in [0.1, 0.15) is 20.3 Å². The summed E-state index contributed by atoms with van der Waals surface area (Å²) < 4.78 is 12.5. The molecule has 0 saturated carbocycles. The third kappa shape index (κ3) is 2.62. The van der Waals surface area contributed by atoms with Crippen LogP contribution in [0.25, 0.3) is 0 Å². The maximum Gasteiger partial charge on any atom is 0.138 e. The van der Waals surface area contributed by atoms with Crippen molar-refractivity contribution >= 4 is 0 Å². The highest BCUT2D eigenvalue weighted by Crippen LogP contribution is 2.07. The van der Waals surface area contributed by atoms with E-state index in [0.717, 1.165) is 13.0 Å². The quantitative estimate of drug-likeness (QED) is 0.531. The van der Waals surface area contributed by atoms with Crippen molar-refractivity contribution in [2.75, 3.05) is 13.1 Å². The van der Waals surface area contributed by atoms with Crippen molar-refractivity contribution < 1.29 is 9.50 Å². The molecule has 1 aliphatic rings. The van der Waals surface area contributed by atoms with Crippen molar-refractivity contribution in [3.05, 3.63) is 0 Å². The summed E-state index contributed by atoms with van der Waals surface area (Å²) in [5.41, 5.74) is 0. The van der Waals surface area contributed by atoms with Gasteiger partial charge in [0.15, 0.2) is 0 Å². The van der Waals surface area contributed by atoms with E-state index >= 15 is 0 Å². The molecule has 2 unspecified atom stereocenters. The second kappa shape index (κ2) is 4.63. The van der Waals surface area contributed by atoms with Gasteiger partial charge < -0.3 is 10.4 Å². The summed E-state index contributed by atoms with van der Waals surface area (Å²) in [6, 6.07) is 0. The van der Waals surface area contributed by atoms with Gasteiger partial charge in [-0.1, -0.05) is 7.43 Å². The van der Waals surface area contributed by atoms with E-state index in [4.69, 9.17) is 5.11 Å². The van der Waals surface area contributed by atoms with Crippen LogP contribution in [0.15, 0.2) is 0 Å². The predicted octanol–water partition coefficient (Wildman–Crippen LogP) is 0.705. The van der Waals surface area contributed by atoms with Crippen molar-refractivity contribution in [3.8, 4) is 0 Å². The molecule has 1 saturated heterocycles. The summed E-state index contributed by atoms with van der Waals surface area (Å²) in [4.78, 5) is 0. The van der Waals surface area contributed by atoms with Gasteiger partial charge in [-0.05, 0) is 19.4 Å². The van der Waals surface area contributed by atoms with Crippen LogP contribution in [0.5, 0.6) is 0 Å². The van der Waals surface area contributed by atoms with E-state index in [9.17, 15) is 4.39 Å². The van der Waals surface area contributed by atoms with Crippen LogP contribution in [0.3, 0.4) is 0 Å². The topological polar surface area (TPSA) is 32.3 Å². The molecule has 10 heavy (non-hydrogen) atoms. The normalized spacial score (nSPS) is 34.2. The standard InChI is InChI=1S/C6H12FNO.CH4/c7-5-4-8-3-1-2-6(5)9;/h5-6,8-9H,1-4H2;1H4. The molecule has 1 fully saturated rings. The van der Waals surface area contributed by atoms with Crippen molar-refractivity contribution in [1.82, 2.24) is 5.32 Å². The summed E-state index contributed by atoms with van der Waals surface area (Å²) >= 11 is 0. The zero-order chi connectivity index (χ0) is 6.69. The zero-order valence-corrected chi connectivity index (χ0v) is 5.31. The molecule has 0 aromatic carbocycles. The molecule has 2 nitrogen and oxygen atoms in total. The average molecular weight is 149 g/mol. The summed E-state index contributed by atoms with van der Waals surface area (Å²) in [5, 5.41) is 11.8. The Balaban J connectivity index is 0.000000810. The number of aliphatic hydroxyl groups is 1. The first kappa shape index (κ1) is 9.85. The van der Waals surface area contributed by atoms with Gasteiger partial charge in [-0.15, -0.1) is 0 Å². The Morgan fingerprint density at radius 1 is 1.50 bits per heavy atom. The lowest BCUT2D eigenvalue weighted by Gasteiger charge is -2.09. The molecule has 1 heterocycles. The molecule has 1 aliphatic heterocycles. The minimum Gasteiger partial charge on any atom is -0.390 e. The minimum atomic E-state index is -1.06. The van der Waals surface area contributed by atoms with E-state index in [2.05, 4.69) is 5.32 Å². The monoisotopic (exact) mass is 149 g/mol. The summed E-state index contributed by atoms with van der Waals surface area (Å²) in [6.45, 7) is 1.14. The van der Waals surface area contributed by atoms with Gasteiger partial charge in [-0.3, -0.25) is 0 Å². The molecule has 3 heteroatoms. The Bertz CT molecular complexity index is 79.7. The molecule has 0 aliphatic carbocycles. The van der Waals surface area contributed by atoms with E-state index in [1.54, 1.807) is 0 Å². The molecule has 0 aromatic heterocycles. The molecule has 2 N–H and O–H groups in total. The Morgan fingerprint density at radius 2 is 2.20 bits per heavy atom. The van der Waals surface area contributed by atoms with E-state index in [1.807, 2.05) is 0 Å². The third-order valence-electron chi connectivity index (χ3n) is 1.61. The highest BCUT2D eigenvalue weighted by Gasteiger charge is 2.19. The van der Waals surface area contributed by atoms with Crippen LogP contribution in [0, 0.1) is 0 Å². The summed E-state index contributed by atoms with van der Waals surface area (Å²) in [7, 11) is 0. The third-order valence-corrected chi connectivity index (χ3v) is 1.61. The van der Waals surface area contributed by atoms with Gasteiger partial charge in [0.25, 0.3) is 0 Å². The van der Waals surface area contributed by atoms with Gasteiger partial charge in [0.2, 0.25) is 0 Å². The van der Waals surface area contributed by atoms with Crippen molar-refractivity contribution in [2.24, 2.45) is 0 Å². The molecule has 0 bridgehead atoms. The Kier molecular flexibility index (Phi) is 4.56. The summed E-state index contributed by atoms with van der Waals surface area (Å²) in [5.74, 6) is 0. The van der Waals surface area contributed by atoms with E-state index in [-0.39, 0.29) is 7.43 Å². The fourth-order valence-electron chi connectivity index (χ4n) is 0.993. The van der Waals surface area contributed by atoms with Gasteiger partial charge in [-0.2, -0.15) is 0 Å². The lowest BCUT2D eigenvalue weighted by Crippen LogP contribution is -2.28. The van der Waals surface area contributed by atoms with Crippen LogP contribution in [-0.4, -0.2) is 30.5 Å². The number of nitrogens with one attached hydrogen (secondary N) is 1. The first-order chi connectivity index (χ1) is 4.30. The van der Waals surface area contributed by atoms with Crippen molar-refractivity contribution in [1.29, 1.82) is 0 Å². The largest absolute Gasteiger partial charge is 0.390 e. The van der Waals surface area contributed by atoms with Crippen LogP contribution in [0.4, 0.5) is 4.39 Å². The fraction of sp³-hybridized carbons (Fsp3) is 1.00. The molecule has 62 valence electrons. The second-order valence-electron chi connectivity index (χ2n) is 2.43. The first-order valence-electron chi connectivity index (χ1n) is 3.33. The van der Waals surface area contributed by atoms with Gasteiger partial charge >= 0.3 is 0 Å². The Labute approximate surface area is 61.4 Å². The smallest absolute Gasteiger partial charge is 0.138 e. The van der Waals surface area contributed by atoms with Crippen LogP contribution in [-0.2, 0) is 0 Å². The molecule has 0 radical (unpaired) electrons. The molecule has 0 spiro atoms. The molecular weight excluding hydrogens is 133 g/mol. The number of hydrogen-bond acceptors (Lipinski definition) is 2. The van der Waals surface area contributed by atoms with Crippen LogP contribution >= 0.6 is 0 Å². The predicted molar refractivity (Wildman–Crippen MR) is 39.7 cm³/mol. The van der Waals surface area contributed by atoms with E-state index < -0.39 is 12.3 Å². The number of rotatable bonds is 0. The maximum absolute atomic E-state index is 12.5. The van der Waals surface area contributed by atoms with Gasteiger partial charge in [-0.25, -0.2) is 4.39 Å². The molecular formula is C7H16FNO. The van der Waals surface area contributed by atoms with E-state index in [1.165, 1.54) is 0 Å². The number of halogens is 1. The van der Waals surface area contributed by atoms with Crippen molar-refractivity contribution in [3.63, 3.8) is 0 Å². The minimum absolute atomic E-state index is 0. The number of aliphatic hydroxyl groups excluding tert-OH is 1. The lowest BCUT2D eigenvalue weighted by atomic mass is 10.1. The highest BCUT2D eigenvalue weighted by molar-refractivity contribution is 4.73. The van der Waals surface area contributed by atoms with Crippen LogP contribution in [0.2, 0.25) is 0 Å². The van der Waals surface area contributed by atoms with Gasteiger partial charge in [0.1, 0.15) is 6.17 Å². The zero-order valence-electron chi connectivity index (χ0n) is 5.31. The average Bonchev–Trinajstić information content (AvgIpc) is 1.99. The lowest BCUT2D eigenvalue weighted by molar-refractivity contribution is 0.0787.